The van der Waals surface area contributed by atoms with Crippen LogP contribution in [0.5, 0.6) is 5.75 Å². The van der Waals surface area contributed by atoms with E-state index in [1.54, 1.807) is 0 Å². The van der Waals surface area contributed by atoms with Gasteiger partial charge in [0.2, 0.25) is 5.91 Å². The largest absolute Gasteiger partial charge is 0.432 e. The highest BCUT2D eigenvalue weighted by Gasteiger charge is 2.25. The van der Waals surface area contributed by atoms with Crippen molar-refractivity contribution in [1.29, 1.82) is 0 Å². The van der Waals surface area contributed by atoms with E-state index < -0.39 is 41.4 Å². The van der Waals surface area contributed by atoms with Crippen molar-refractivity contribution in [1.82, 2.24) is 9.78 Å². The van der Waals surface area contributed by atoms with Crippen LogP contribution in [-0.4, -0.2) is 27.2 Å². The van der Waals surface area contributed by atoms with Crippen molar-refractivity contribution in [2.24, 2.45) is 0 Å². The van der Waals surface area contributed by atoms with E-state index in [0.29, 0.717) is 11.8 Å². The number of alkyl halides is 2. The van der Waals surface area contributed by atoms with Crippen molar-refractivity contribution < 1.29 is 27.6 Å². The number of nitrogens with zero attached hydrogens (tertiary/aromatic N) is 3. The Hall–Kier alpha value is -2.63. The summed E-state index contributed by atoms with van der Waals surface area (Å²) >= 11 is 3.00. The SMILES string of the molecule is Cc1c(Br)c([N+](=O)[O-])nn1CC(=O)Nc1ccc(F)cc1OC(F)F. The van der Waals surface area contributed by atoms with Crippen molar-refractivity contribution in [3.05, 3.63) is 44.3 Å². The molecule has 8 nitrogen and oxygen atoms in total. The fraction of sp³-hybridized carbons (Fsp3) is 0.231. The third-order valence-electron chi connectivity index (χ3n) is 3.02. The topological polar surface area (TPSA) is 99.3 Å². The number of carbonyl (C=O) groups is 1. The van der Waals surface area contributed by atoms with E-state index >= 15 is 0 Å². The van der Waals surface area contributed by atoms with Crippen molar-refractivity contribution in [3.8, 4) is 5.75 Å². The molecule has 1 aromatic heterocycles. The minimum absolute atomic E-state index is 0.119. The molecule has 0 aliphatic carbocycles. The number of aromatic nitrogens is 2. The van der Waals surface area contributed by atoms with Gasteiger partial charge in [0, 0.05) is 6.07 Å². The Morgan fingerprint density at radius 3 is 2.76 bits per heavy atom. The summed E-state index contributed by atoms with van der Waals surface area (Å²) in [6.07, 6.45) is 0. The van der Waals surface area contributed by atoms with Crippen LogP contribution in [0.25, 0.3) is 0 Å². The second kappa shape index (κ2) is 7.51. The number of nitro groups is 1. The molecular formula is C13H10BrF3N4O4. The van der Waals surface area contributed by atoms with Gasteiger partial charge in [-0.15, -0.1) is 0 Å². The number of benzene rings is 1. The van der Waals surface area contributed by atoms with E-state index in [-0.39, 0.29) is 10.2 Å². The molecule has 12 heteroatoms. The van der Waals surface area contributed by atoms with Crippen molar-refractivity contribution in [2.45, 2.75) is 20.1 Å². The van der Waals surface area contributed by atoms with E-state index in [2.05, 4.69) is 31.1 Å². The van der Waals surface area contributed by atoms with Crippen molar-refractivity contribution in [3.63, 3.8) is 0 Å². The Bertz CT molecular complexity index is 828. The number of ether oxygens (including phenoxy) is 1. The summed E-state index contributed by atoms with van der Waals surface area (Å²) in [4.78, 5) is 22.2. The van der Waals surface area contributed by atoms with Gasteiger partial charge in [-0.1, -0.05) is 0 Å². The minimum atomic E-state index is -3.20. The van der Waals surface area contributed by atoms with Crippen LogP contribution in [0.2, 0.25) is 0 Å². The molecule has 0 fully saturated rings. The summed E-state index contributed by atoms with van der Waals surface area (Å²) in [5, 5.41) is 16.8. The molecule has 1 amide bonds. The third kappa shape index (κ3) is 4.47. The molecule has 1 heterocycles. The lowest BCUT2D eigenvalue weighted by Crippen LogP contribution is -2.21. The lowest BCUT2D eigenvalue weighted by atomic mass is 10.3. The maximum absolute atomic E-state index is 13.1. The zero-order valence-electron chi connectivity index (χ0n) is 12.5. The number of hydrogen-bond acceptors (Lipinski definition) is 5. The smallest absolute Gasteiger partial charge is 0.404 e. The fourth-order valence-corrected chi connectivity index (χ4v) is 2.33. The monoisotopic (exact) mass is 422 g/mol. The quantitative estimate of drug-likeness (QED) is 0.568. The highest BCUT2D eigenvalue weighted by atomic mass is 79.9. The van der Waals surface area contributed by atoms with Crippen LogP contribution in [0.4, 0.5) is 24.7 Å². The van der Waals surface area contributed by atoms with Gasteiger partial charge in [-0.3, -0.25) is 4.79 Å². The number of carbonyl (C=O) groups excluding carboxylic acids is 1. The summed E-state index contributed by atoms with van der Waals surface area (Å²) in [7, 11) is 0. The summed E-state index contributed by atoms with van der Waals surface area (Å²) < 4.78 is 43.2. The molecule has 0 unspecified atom stereocenters. The molecule has 1 N–H and O–H groups in total. The Morgan fingerprint density at radius 1 is 1.52 bits per heavy atom. The lowest BCUT2D eigenvalue weighted by molar-refractivity contribution is -0.390. The number of halogens is 4. The maximum Gasteiger partial charge on any atom is 0.404 e. The molecule has 0 saturated carbocycles. The predicted molar refractivity (Wildman–Crippen MR) is 83.0 cm³/mol. The zero-order valence-corrected chi connectivity index (χ0v) is 14.1. The Kier molecular flexibility index (Phi) is 5.62. The fourth-order valence-electron chi connectivity index (χ4n) is 1.90. The molecule has 2 aromatic rings. The Labute approximate surface area is 146 Å². The van der Waals surface area contributed by atoms with Crippen LogP contribution in [-0.2, 0) is 11.3 Å². The van der Waals surface area contributed by atoms with Crippen LogP contribution in [0.3, 0.4) is 0 Å². The first-order valence-electron chi connectivity index (χ1n) is 6.60. The summed E-state index contributed by atoms with van der Waals surface area (Å²) in [5.41, 5.74) is 0.148. The van der Waals surface area contributed by atoms with Crippen LogP contribution < -0.4 is 10.1 Å². The van der Waals surface area contributed by atoms with Crippen LogP contribution in [0, 0.1) is 22.9 Å². The van der Waals surface area contributed by atoms with Gasteiger partial charge >= 0.3 is 12.4 Å². The van der Waals surface area contributed by atoms with Crippen LogP contribution in [0.1, 0.15) is 5.69 Å². The van der Waals surface area contributed by atoms with Crippen molar-refractivity contribution in [2.75, 3.05) is 5.32 Å². The van der Waals surface area contributed by atoms with Gasteiger partial charge in [0.05, 0.1) is 16.5 Å². The van der Waals surface area contributed by atoms with Gasteiger partial charge < -0.3 is 20.2 Å². The van der Waals surface area contributed by atoms with E-state index in [1.807, 2.05) is 0 Å². The average molecular weight is 423 g/mol. The molecule has 0 atom stereocenters. The molecule has 1 aromatic carbocycles. The van der Waals surface area contributed by atoms with E-state index in [4.69, 9.17) is 0 Å². The second-order valence-corrected chi connectivity index (χ2v) is 5.50. The number of amides is 1. The molecule has 0 aliphatic heterocycles. The predicted octanol–water partition coefficient (Wildman–Crippen LogP) is 3.24. The molecular weight excluding hydrogens is 413 g/mol. The lowest BCUT2D eigenvalue weighted by Gasteiger charge is -2.11. The summed E-state index contributed by atoms with van der Waals surface area (Å²) in [6, 6.07) is 2.70. The molecule has 0 bridgehead atoms. The van der Waals surface area contributed by atoms with E-state index in [9.17, 15) is 28.1 Å². The first-order valence-corrected chi connectivity index (χ1v) is 7.40. The first kappa shape index (κ1) is 18.7. The maximum atomic E-state index is 13.1. The first-order chi connectivity index (χ1) is 11.7. The molecule has 134 valence electrons. The highest BCUT2D eigenvalue weighted by Crippen LogP contribution is 2.28. The van der Waals surface area contributed by atoms with Gasteiger partial charge in [-0.25, -0.2) is 4.39 Å². The van der Waals surface area contributed by atoms with Gasteiger partial charge in [-0.2, -0.15) is 13.5 Å². The molecule has 0 radical (unpaired) electrons. The van der Waals surface area contributed by atoms with Gasteiger partial charge in [-0.05, 0) is 39.9 Å². The van der Waals surface area contributed by atoms with Crippen molar-refractivity contribution >= 4 is 33.3 Å². The third-order valence-corrected chi connectivity index (χ3v) is 3.95. The van der Waals surface area contributed by atoms with Gasteiger partial charge in [0.25, 0.3) is 0 Å². The van der Waals surface area contributed by atoms with Gasteiger partial charge in [0.1, 0.15) is 16.8 Å². The van der Waals surface area contributed by atoms with Gasteiger partial charge in [0.15, 0.2) is 5.75 Å². The van der Waals surface area contributed by atoms with E-state index in [1.165, 1.54) is 6.92 Å². The van der Waals surface area contributed by atoms with E-state index in [0.717, 1.165) is 16.8 Å². The zero-order chi connectivity index (χ0) is 18.7. The van der Waals surface area contributed by atoms with Crippen LogP contribution >= 0.6 is 15.9 Å². The Balaban J connectivity index is 2.19. The summed E-state index contributed by atoms with van der Waals surface area (Å²) in [6.45, 7) is -2.13. The normalized spacial score (nSPS) is 10.8. The second-order valence-electron chi connectivity index (χ2n) is 4.70. The number of nitrogens with one attached hydrogen (secondary N) is 1. The number of anilines is 1. The molecule has 0 aliphatic rings. The molecule has 0 saturated heterocycles. The summed E-state index contributed by atoms with van der Waals surface area (Å²) in [5.74, 6) is -2.56. The molecule has 2 rings (SSSR count). The molecule has 25 heavy (non-hydrogen) atoms. The standard InChI is InChI=1S/C13H10BrF3N4O4/c1-6-11(14)12(21(23)24)19-20(6)5-10(22)18-8-3-2-7(15)4-9(8)25-13(16)17/h2-4,13H,5H2,1H3,(H,18,22). The number of hydrogen-bond donors (Lipinski definition) is 1. The Morgan fingerprint density at radius 2 is 2.20 bits per heavy atom. The minimum Gasteiger partial charge on any atom is -0.432 e. The average Bonchev–Trinajstić information content (AvgIpc) is 2.78. The number of rotatable bonds is 6. The highest BCUT2D eigenvalue weighted by molar-refractivity contribution is 9.10. The van der Waals surface area contributed by atoms with Crippen LogP contribution in [0.15, 0.2) is 22.7 Å². The molecule has 0 spiro atoms.